The highest BCUT2D eigenvalue weighted by molar-refractivity contribution is 7.20. The van der Waals surface area contributed by atoms with Crippen molar-refractivity contribution in [3.63, 3.8) is 0 Å². The molecule has 4 rings (SSSR count). The summed E-state index contributed by atoms with van der Waals surface area (Å²) >= 11 is 7.76. The van der Waals surface area contributed by atoms with E-state index in [0.29, 0.717) is 13.2 Å². The summed E-state index contributed by atoms with van der Waals surface area (Å²) in [6.07, 6.45) is 1.73. The lowest BCUT2D eigenvalue weighted by molar-refractivity contribution is 0.0987. The molecule has 0 radical (unpaired) electrons. The number of aliphatic hydroxyl groups excluding tert-OH is 1. The van der Waals surface area contributed by atoms with Crippen LogP contribution in [0.25, 0.3) is 21.5 Å². The molecule has 0 aliphatic carbocycles. The van der Waals surface area contributed by atoms with E-state index in [1.165, 1.54) is 11.3 Å². The standard InChI is InChI=1S/C16H18ClN5O2S/c1-9-8-24-6-5-22(9)15-14-13(19-16(17)20-15)12(11(7-23)25-14)10-3-4-18-21(10)2/h3-4,9,23H,5-8H2,1-2H3/t9-/m1/s1. The third-order valence-electron chi connectivity index (χ3n) is 4.42. The summed E-state index contributed by atoms with van der Waals surface area (Å²) < 4.78 is 8.23. The third-order valence-corrected chi connectivity index (χ3v) is 5.75. The van der Waals surface area contributed by atoms with Gasteiger partial charge in [-0.2, -0.15) is 10.1 Å². The Morgan fingerprint density at radius 2 is 2.28 bits per heavy atom. The molecule has 3 aromatic heterocycles. The Balaban J connectivity index is 1.98. The molecule has 0 unspecified atom stereocenters. The average Bonchev–Trinajstić information content (AvgIpc) is 3.17. The number of aliphatic hydroxyl groups is 1. The van der Waals surface area contributed by atoms with Crippen LogP contribution in [0.2, 0.25) is 5.28 Å². The lowest BCUT2D eigenvalue weighted by Crippen LogP contribution is -2.44. The fourth-order valence-electron chi connectivity index (χ4n) is 3.21. The van der Waals surface area contributed by atoms with E-state index in [1.807, 2.05) is 13.1 Å². The molecule has 4 heterocycles. The molecule has 25 heavy (non-hydrogen) atoms. The number of aryl methyl sites for hydroxylation is 1. The number of thiophene rings is 1. The van der Waals surface area contributed by atoms with Gasteiger partial charge in [0.15, 0.2) is 5.82 Å². The molecule has 0 aromatic carbocycles. The number of fused-ring (bicyclic) bond motifs is 1. The maximum Gasteiger partial charge on any atom is 0.224 e. The summed E-state index contributed by atoms with van der Waals surface area (Å²) in [6.45, 7) is 4.08. The predicted octanol–water partition coefficient (Wildman–Crippen LogP) is 2.46. The Bertz CT molecular complexity index is 925. The fraction of sp³-hybridized carbons (Fsp3) is 0.438. The second-order valence-corrected chi connectivity index (χ2v) is 7.45. The van der Waals surface area contributed by atoms with Crippen molar-refractivity contribution in [1.29, 1.82) is 0 Å². The molecule has 1 aliphatic heterocycles. The van der Waals surface area contributed by atoms with Crippen LogP contribution in [-0.2, 0) is 18.4 Å². The Hall–Kier alpha value is -1.74. The number of hydrogen-bond acceptors (Lipinski definition) is 7. The molecule has 1 fully saturated rings. The fourth-order valence-corrected chi connectivity index (χ4v) is 4.49. The van der Waals surface area contributed by atoms with Crippen molar-refractivity contribution < 1.29 is 9.84 Å². The minimum Gasteiger partial charge on any atom is -0.391 e. The Kier molecular flexibility index (Phi) is 4.36. The molecular formula is C16H18ClN5O2S. The molecule has 132 valence electrons. The molecule has 0 spiro atoms. The number of anilines is 1. The number of morpholine rings is 1. The van der Waals surface area contributed by atoms with Gasteiger partial charge in [-0.25, -0.2) is 4.98 Å². The van der Waals surface area contributed by atoms with Crippen LogP contribution in [-0.4, -0.2) is 50.7 Å². The normalized spacial score (nSPS) is 18.2. The zero-order valence-electron chi connectivity index (χ0n) is 13.9. The summed E-state index contributed by atoms with van der Waals surface area (Å²) in [5.74, 6) is 0.805. The first-order valence-corrected chi connectivity index (χ1v) is 9.22. The highest BCUT2D eigenvalue weighted by atomic mass is 35.5. The maximum atomic E-state index is 9.90. The molecule has 0 amide bonds. The molecule has 7 nitrogen and oxygen atoms in total. The summed E-state index contributed by atoms with van der Waals surface area (Å²) in [6, 6.07) is 2.11. The molecule has 3 aromatic rings. The summed E-state index contributed by atoms with van der Waals surface area (Å²) in [7, 11) is 1.87. The highest BCUT2D eigenvalue weighted by Gasteiger charge is 2.27. The maximum absolute atomic E-state index is 9.90. The quantitative estimate of drug-likeness (QED) is 0.704. The first kappa shape index (κ1) is 16.7. The van der Waals surface area contributed by atoms with Crippen molar-refractivity contribution in [2.45, 2.75) is 19.6 Å². The van der Waals surface area contributed by atoms with Crippen LogP contribution in [0.15, 0.2) is 12.3 Å². The Morgan fingerprint density at radius 1 is 1.44 bits per heavy atom. The lowest BCUT2D eigenvalue weighted by Gasteiger charge is -2.34. The number of ether oxygens (including phenoxy) is 1. The van der Waals surface area contributed by atoms with Crippen LogP contribution < -0.4 is 4.90 Å². The van der Waals surface area contributed by atoms with E-state index in [9.17, 15) is 5.11 Å². The van der Waals surface area contributed by atoms with Crippen LogP contribution in [0.4, 0.5) is 5.82 Å². The third kappa shape index (κ3) is 2.79. The van der Waals surface area contributed by atoms with Gasteiger partial charge in [-0.05, 0) is 24.6 Å². The van der Waals surface area contributed by atoms with E-state index in [2.05, 4.69) is 26.9 Å². The van der Waals surface area contributed by atoms with E-state index in [-0.39, 0.29) is 17.9 Å². The van der Waals surface area contributed by atoms with E-state index in [4.69, 9.17) is 16.3 Å². The van der Waals surface area contributed by atoms with Gasteiger partial charge in [0.05, 0.1) is 41.8 Å². The van der Waals surface area contributed by atoms with Crippen molar-refractivity contribution in [2.24, 2.45) is 7.05 Å². The van der Waals surface area contributed by atoms with E-state index in [1.54, 1.807) is 10.9 Å². The monoisotopic (exact) mass is 379 g/mol. The minimum absolute atomic E-state index is 0.0722. The van der Waals surface area contributed by atoms with Gasteiger partial charge in [-0.3, -0.25) is 4.68 Å². The van der Waals surface area contributed by atoms with Crippen LogP contribution >= 0.6 is 22.9 Å². The molecule has 1 saturated heterocycles. The average molecular weight is 380 g/mol. The van der Waals surface area contributed by atoms with E-state index < -0.39 is 0 Å². The van der Waals surface area contributed by atoms with E-state index >= 15 is 0 Å². The van der Waals surface area contributed by atoms with Crippen molar-refractivity contribution in [2.75, 3.05) is 24.7 Å². The van der Waals surface area contributed by atoms with Gasteiger partial charge in [-0.15, -0.1) is 11.3 Å². The number of aromatic nitrogens is 4. The zero-order chi connectivity index (χ0) is 17.6. The van der Waals surface area contributed by atoms with Gasteiger partial charge in [-0.1, -0.05) is 0 Å². The molecule has 0 saturated carbocycles. The van der Waals surface area contributed by atoms with Gasteiger partial charge in [0.1, 0.15) is 0 Å². The first-order chi connectivity index (χ1) is 12.1. The van der Waals surface area contributed by atoms with Gasteiger partial charge in [0, 0.05) is 30.2 Å². The second-order valence-electron chi connectivity index (χ2n) is 6.01. The number of halogens is 1. The molecule has 1 aliphatic rings. The zero-order valence-corrected chi connectivity index (χ0v) is 15.5. The van der Waals surface area contributed by atoms with Crippen molar-refractivity contribution in [1.82, 2.24) is 19.7 Å². The molecule has 1 N–H and O–H groups in total. The van der Waals surface area contributed by atoms with Gasteiger partial charge >= 0.3 is 0 Å². The van der Waals surface area contributed by atoms with Crippen LogP contribution in [0.5, 0.6) is 0 Å². The minimum atomic E-state index is -0.0722. The largest absolute Gasteiger partial charge is 0.391 e. The highest BCUT2D eigenvalue weighted by Crippen LogP contribution is 2.42. The SMILES string of the molecule is C[C@@H]1COCCN1c1nc(Cl)nc2c(-c3ccnn3C)c(CO)sc12. The van der Waals surface area contributed by atoms with Gasteiger partial charge in [0.2, 0.25) is 5.28 Å². The Labute approximate surface area is 153 Å². The lowest BCUT2D eigenvalue weighted by atomic mass is 10.1. The number of rotatable bonds is 3. The molecule has 9 heteroatoms. The van der Waals surface area contributed by atoms with Gasteiger partial charge in [0.25, 0.3) is 0 Å². The Morgan fingerprint density at radius 3 is 2.96 bits per heavy atom. The molecular weight excluding hydrogens is 362 g/mol. The molecule has 0 bridgehead atoms. The second kappa shape index (κ2) is 6.53. The number of hydrogen-bond donors (Lipinski definition) is 1. The van der Waals surface area contributed by atoms with Crippen molar-refractivity contribution in [3.8, 4) is 11.3 Å². The summed E-state index contributed by atoms with van der Waals surface area (Å²) in [5.41, 5.74) is 2.52. The number of nitrogens with zero attached hydrogens (tertiary/aromatic N) is 5. The predicted molar refractivity (Wildman–Crippen MR) is 98.2 cm³/mol. The smallest absolute Gasteiger partial charge is 0.224 e. The summed E-state index contributed by atoms with van der Waals surface area (Å²) in [4.78, 5) is 12.0. The van der Waals surface area contributed by atoms with E-state index in [0.717, 1.165) is 38.7 Å². The first-order valence-electron chi connectivity index (χ1n) is 8.02. The van der Waals surface area contributed by atoms with Crippen LogP contribution in [0.1, 0.15) is 11.8 Å². The van der Waals surface area contributed by atoms with Gasteiger partial charge < -0.3 is 14.7 Å². The molecule has 1 atom stereocenters. The topological polar surface area (TPSA) is 76.3 Å². The summed E-state index contributed by atoms with van der Waals surface area (Å²) in [5, 5.41) is 14.3. The van der Waals surface area contributed by atoms with Crippen LogP contribution in [0, 0.1) is 0 Å². The van der Waals surface area contributed by atoms with Crippen molar-refractivity contribution in [3.05, 3.63) is 22.4 Å². The van der Waals surface area contributed by atoms with Crippen molar-refractivity contribution >= 4 is 39.0 Å². The van der Waals surface area contributed by atoms with Crippen LogP contribution in [0.3, 0.4) is 0 Å².